The third-order valence-electron chi connectivity index (χ3n) is 3.92. The maximum absolute atomic E-state index is 10.4. The van der Waals surface area contributed by atoms with Crippen molar-refractivity contribution in [1.82, 2.24) is 9.78 Å². The van der Waals surface area contributed by atoms with E-state index in [1.807, 2.05) is 0 Å². The molecule has 0 saturated heterocycles. The van der Waals surface area contributed by atoms with Crippen LogP contribution in [0.4, 0.5) is 0 Å². The van der Waals surface area contributed by atoms with E-state index in [0.29, 0.717) is 30.3 Å². The zero-order valence-electron chi connectivity index (χ0n) is 11.4. The van der Waals surface area contributed by atoms with Gasteiger partial charge in [-0.15, -0.1) is 0 Å². The van der Waals surface area contributed by atoms with Gasteiger partial charge >= 0.3 is 0 Å². The number of nitrogens with zero attached hydrogens (tertiary/aromatic N) is 2. The van der Waals surface area contributed by atoms with Crippen molar-refractivity contribution in [2.75, 3.05) is 20.8 Å². The Hall–Kier alpha value is -0.620. The smallest absolute Gasteiger partial charge is 0.0999 e. The van der Waals surface area contributed by atoms with E-state index in [4.69, 9.17) is 21.1 Å². The van der Waals surface area contributed by atoms with Gasteiger partial charge in [-0.05, 0) is 19.3 Å². The summed E-state index contributed by atoms with van der Waals surface area (Å²) in [5, 5.41) is 15.1. The summed E-state index contributed by atoms with van der Waals surface area (Å²) in [6.45, 7) is 1.11. The monoisotopic (exact) mass is 288 g/mol. The van der Waals surface area contributed by atoms with E-state index < -0.39 is 6.10 Å². The lowest BCUT2D eigenvalue weighted by Gasteiger charge is -2.41. The fourth-order valence-electron chi connectivity index (χ4n) is 2.57. The number of ether oxygens (including phenoxy) is 2. The van der Waals surface area contributed by atoms with Crippen LogP contribution in [0, 0.1) is 0 Å². The first-order chi connectivity index (χ1) is 9.12. The van der Waals surface area contributed by atoms with Gasteiger partial charge in [-0.25, -0.2) is 0 Å². The van der Waals surface area contributed by atoms with Crippen LogP contribution in [-0.2, 0) is 16.0 Å². The van der Waals surface area contributed by atoms with Gasteiger partial charge in [-0.3, -0.25) is 4.68 Å². The van der Waals surface area contributed by atoms with Crippen LogP contribution in [0.15, 0.2) is 6.20 Å². The van der Waals surface area contributed by atoms with E-state index in [1.165, 1.54) is 0 Å². The molecule has 0 aromatic carbocycles. The molecule has 1 fully saturated rings. The van der Waals surface area contributed by atoms with Gasteiger partial charge in [0.2, 0.25) is 0 Å². The highest BCUT2D eigenvalue weighted by molar-refractivity contribution is 6.31. The molecule has 2 rings (SSSR count). The Morgan fingerprint density at radius 2 is 2.26 bits per heavy atom. The third-order valence-corrected chi connectivity index (χ3v) is 4.21. The predicted molar refractivity (Wildman–Crippen MR) is 72.3 cm³/mol. The van der Waals surface area contributed by atoms with Crippen molar-refractivity contribution in [3.8, 4) is 0 Å². The lowest BCUT2D eigenvalue weighted by Crippen LogP contribution is -2.40. The molecule has 1 atom stereocenters. The molecule has 5 nitrogen and oxygen atoms in total. The third kappa shape index (κ3) is 3.11. The van der Waals surface area contributed by atoms with Gasteiger partial charge in [0.05, 0.1) is 41.8 Å². The fraction of sp³-hybridized carbons (Fsp3) is 0.769. The first-order valence-corrected chi connectivity index (χ1v) is 6.93. The Morgan fingerprint density at radius 3 is 2.79 bits per heavy atom. The summed E-state index contributed by atoms with van der Waals surface area (Å²) >= 11 is 6.13. The second-order valence-corrected chi connectivity index (χ2v) is 5.46. The van der Waals surface area contributed by atoms with Crippen LogP contribution >= 0.6 is 11.6 Å². The van der Waals surface area contributed by atoms with Gasteiger partial charge in [-0.1, -0.05) is 11.6 Å². The van der Waals surface area contributed by atoms with Crippen molar-refractivity contribution in [3.05, 3.63) is 16.9 Å². The van der Waals surface area contributed by atoms with E-state index in [-0.39, 0.29) is 5.60 Å². The Kier molecular flexibility index (Phi) is 4.84. The molecule has 1 aliphatic carbocycles. The molecular weight excluding hydrogens is 268 g/mol. The average Bonchev–Trinajstić information content (AvgIpc) is 2.72. The highest BCUT2D eigenvalue weighted by atomic mass is 35.5. The fourth-order valence-corrected chi connectivity index (χ4v) is 2.84. The molecule has 1 aliphatic rings. The number of hydrogen-bond donors (Lipinski definition) is 1. The molecule has 0 aliphatic heterocycles. The van der Waals surface area contributed by atoms with Crippen LogP contribution in [0.1, 0.15) is 37.5 Å². The largest absolute Gasteiger partial charge is 0.387 e. The summed E-state index contributed by atoms with van der Waals surface area (Å²) in [6.07, 6.45) is 4.59. The van der Waals surface area contributed by atoms with Crippen molar-refractivity contribution in [2.24, 2.45) is 0 Å². The number of rotatable bonds is 7. The molecule has 1 aromatic rings. The average molecular weight is 289 g/mol. The molecule has 108 valence electrons. The molecule has 1 unspecified atom stereocenters. The van der Waals surface area contributed by atoms with Crippen LogP contribution in [-0.4, -0.2) is 41.3 Å². The summed E-state index contributed by atoms with van der Waals surface area (Å²) in [5.41, 5.74) is 0.459. The van der Waals surface area contributed by atoms with Crippen molar-refractivity contribution in [3.63, 3.8) is 0 Å². The first kappa shape index (κ1) is 14.8. The van der Waals surface area contributed by atoms with Gasteiger partial charge in [-0.2, -0.15) is 5.10 Å². The molecular formula is C13H21ClN2O3. The standard InChI is InChI=1S/C13H21ClN2O3/c1-18-7-6-16-12(10(14)9-15-16)11(17)8-13(19-2)4-3-5-13/h9,11,17H,3-8H2,1-2H3. The maximum atomic E-state index is 10.4. The minimum absolute atomic E-state index is 0.195. The quantitative estimate of drug-likeness (QED) is 0.835. The minimum atomic E-state index is -0.660. The van der Waals surface area contributed by atoms with E-state index in [0.717, 1.165) is 19.3 Å². The van der Waals surface area contributed by atoms with Crippen LogP contribution in [0.2, 0.25) is 5.02 Å². The molecule has 0 amide bonds. The van der Waals surface area contributed by atoms with Gasteiger partial charge in [0, 0.05) is 20.6 Å². The van der Waals surface area contributed by atoms with Crippen LogP contribution in [0.25, 0.3) is 0 Å². The normalized spacial score (nSPS) is 19.2. The van der Waals surface area contributed by atoms with Crippen molar-refractivity contribution >= 4 is 11.6 Å². The summed E-state index contributed by atoms with van der Waals surface area (Å²) in [6, 6.07) is 0. The zero-order chi connectivity index (χ0) is 13.9. The van der Waals surface area contributed by atoms with Crippen LogP contribution in [0.3, 0.4) is 0 Å². The second-order valence-electron chi connectivity index (χ2n) is 5.05. The number of hydrogen-bond acceptors (Lipinski definition) is 4. The van der Waals surface area contributed by atoms with E-state index >= 15 is 0 Å². The van der Waals surface area contributed by atoms with Crippen molar-refractivity contribution in [2.45, 2.75) is 43.9 Å². The Balaban J connectivity index is 2.09. The number of halogens is 1. The molecule has 0 radical (unpaired) electrons. The van der Waals surface area contributed by atoms with Crippen LogP contribution in [0.5, 0.6) is 0 Å². The highest BCUT2D eigenvalue weighted by Crippen LogP contribution is 2.42. The number of methoxy groups -OCH3 is 2. The van der Waals surface area contributed by atoms with Gasteiger partial charge in [0.1, 0.15) is 0 Å². The number of aromatic nitrogens is 2. The van der Waals surface area contributed by atoms with E-state index in [9.17, 15) is 5.11 Å². The van der Waals surface area contributed by atoms with Crippen LogP contribution < -0.4 is 0 Å². The SMILES string of the molecule is COCCn1ncc(Cl)c1C(O)CC1(OC)CCC1. The van der Waals surface area contributed by atoms with Gasteiger partial charge in [0.15, 0.2) is 0 Å². The Labute approximate surface area is 118 Å². The topological polar surface area (TPSA) is 56.5 Å². The predicted octanol–water partition coefficient (Wildman–Crippen LogP) is 2.18. The molecule has 0 bridgehead atoms. The molecule has 1 heterocycles. The molecule has 1 N–H and O–H groups in total. The minimum Gasteiger partial charge on any atom is -0.387 e. The van der Waals surface area contributed by atoms with Crippen molar-refractivity contribution < 1.29 is 14.6 Å². The lowest BCUT2D eigenvalue weighted by molar-refractivity contribution is -0.101. The Bertz CT molecular complexity index is 413. The van der Waals surface area contributed by atoms with Gasteiger partial charge in [0.25, 0.3) is 0 Å². The molecule has 1 saturated carbocycles. The highest BCUT2D eigenvalue weighted by Gasteiger charge is 2.40. The Morgan fingerprint density at radius 1 is 1.53 bits per heavy atom. The number of aliphatic hydroxyl groups is 1. The van der Waals surface area contributed by atoms with Gasteiger partial charge < -0.3 is 14.6 Å². The number of aliphatic hydroxyl groups excluding tert-OH is 1. The summed E-state index contributed by atoms with van der Waals surface area (Å²) in [4.78, 5) is 0. The molecule has 0 spiro atoms. The van der Waals surface area contributed by atoms with Crippen molar-refractivity contribution in [1.29, 1.82) is 0 Å². The molecule has 1 aromatic heterocycles. The zero-order valence-corrected chi connectivity index (χ0v) is 12.2. The molecule has 6 heteroatoms. The van der Waals surface area contributed by atoms with E-state index in [2.05, 4.69) is 5.10 Å². The summed E-state index contributed by atoms with van der Waals surface area (Å²) < 4.78 is 12.3. The molecule has 19 heavy (non-hydrogen) atoms. The summed E-state index contributed by atoms with van der Waals surface area (Å²) in [7, 11) is 3.34. The first-order valence-electron chi connectivity index (χ1n) is 6.55. The summed E-state index contributed by atoms with van der Waals surface area (Å²) in [5.74, 6) is 0. The van der Waals surface area contributed by atoms with E-state index in [1.54, 1.807) is 25.1 Å². The maximum Gasteiger partial charge on any atom is 0.0999 e. The second kappa shape index (κ2) is 6.22. The lowest BCUT2D eigenvalue weighted by atomic mass is 9.76.